The van der Waals surface area contributed by atoms with Crippen LogP contribution in [0.1, 0.15) is 22.8 Å². The van der Waals surface area contributed by atoms with Crippen LogP contribution in [0.5, 0.6) is 0 Å². The number of fused-ring (bicyclic) bond motifs is 1. The number of pyridine rings is 1. The maximum absolute atomic E-state index is 13.4. The molecule has 0 aliphatic carbocycles. The van der Waals surface area contributed by atoms with Crippen molar-refractivity contribution in [1.82, 2.24) is 9.29 Å². The van der Waals surface area contributed by atoms with Gasteiger partial charge in [0.15, 0.2) is 0 Å². The van der Waals surface area contributed by atoms with Gasteiger partial charge in [-0.3, -0.25) is 4.98 Å². The van der Waals surface area contributed by atoms with Gasteiger partial charge >= 0.3 is 0 Å². The summed E-state index contributed by atoms with van der Waals surface area (Å²) in [5.74, 6) is 0. The standard InChI is InChI=1S/C21H20N2O3S/c24-21-18-8-4-5-9-20(18)27(25,26)23(15-17-6-2-1-3-7-17)19(21)14-16-10-12-22-13-11-16/h1-13,19,21,24H,14-15H2/t19-,21+/m1/s1. The zero-order valence-electron chi connectivity index (χ0n) is 14.6. The fourth-order valence-corrected chi connectivity index (χ4v) is 5.42. The van der Waals surface area contributed by atoms with E-state index in [1.165, 1.54) is 4.31 Å². The Morgan fingerprint density at radius 3 is 2.30 bits per heavy atom. The molecule has 0 saturated heterocycles. The van der Waals surface area contributed by atoms with Gasteiger partial charge in [0, 0.05) is 24.5 Å². The highest BCUT2D eigenvalue weighted by Crippen LogP contribution is 2.38. The van der Waals surface area contributed by atoms with Gasteiger partial charge in [0.25, 0.3) is 0 Å². The number of benzene rings is 2. The van der Waals surface area contributed by atoms with Crippen LogP contribution in [0.3, 0.4) is 0 Å². The minimum atomic E-state index is -3.73. The smallest absolute Gasteiger partial charge is 0.244 e. The molecule has 2 aromatic carbocycles. The lowest BCUT2D eigenvalue weighted by atomic mass is 9.95. The molecule has 0 unspecified atom stereocenters. The Morgan fingerprint density at radius 1 is 0.889 bits per heavy atom. The molecule has 0 fully saturated rings. The molecule has 27 heavy (non-hydrogen) atoms. The number of sulfonamides is 1. The molecule has 1 aliphatic rings. The topological polar surface area (TPSA) is 70.5 Å². The molecule has 2 atom stereocenters. The van der Waals surface area contributed by atoms with E-state index in [0.717, 1.165) is 11.1 Å². The highest BCUT2D eigenvalue weighted by molar-refractivity contribution is 7.89. The van der Waals surface area contributed by atoms with Crippen molar-refractivity contribution in [3.05, 3.63) is 95.8 Å². The predicted molar refractivity (Wildman–Crippen MR) is 102 cm³/mol. The highest BCUT2D eigenvalue weighted by Gasteiger charge is 2.43. The first-order chi connectivity index (χ1) is 13.1. The molecule has 2 heterocycles. The van der Waals surface area contributed by atoms with Crippen LogP contribution in [-0.2, 0) is 23.0 Å². The number of aromatic nitrogens is 1. The average molecular weight is 380 g/mol. The quantitative estimate of drug-likeness (QED) is 0.756. The molecule has 4 rings (SSSR count). The Labute approximate surface area is 159 Å². The summed E-state index contributed by atoms with van der Waals surface area (Å²) in [6.07, 6.45) is 2.86. The van der Waals surface area contributed by atoms with E-state index in [1.807, 2.05) is 42.5 Å². The van der Waals surface area contributed by atoms with Gasteiger partial charge < -0.3 is 5.11 Å². The molecule has 5 nitrogen and oxygen atoms in total. The van der Waals surface area contributed by atoms with Crippen molar-refractivity contribution in [1.29, 1.82) is 0 Å². The summed E-state index contributed by atoms with van der Waals surface area (Å²) in [7, 11) is -3.73. The molecule has 3 aromatic rings. The Morgan fingerprint density at radius 2 is 1.56 bits per heavy atom. The van der Waals surface area contributed by atoms with Crippen molar-refractivity contribution in [3.63, 3.8) is 0 Å². The maximum Gasteiger partial charge on any atom is 0.244 e. The molecule has 6 heteroatoms. The Kier molecular flexibility index (Phi) is 4.78. The van der Waals surface area contributed by atoms with Crippen LogP contribution in [-0.4, -0.2) is 28.9 Å². The Bertz CT molecular complexity index is 1020. The summed E-state index contributed by atoms with van der Waals surface area (Å²) in [4.78, 5) is 4.19. The lowest BCUT2D eigenvalue weighted by molar-refractivity contribution is 0.0769. The molecule has 1 aromatic heterocycles. The molecule has 0 amide bonds. The minimum absolute atomic E-state index is 0.180. The molecule has 1 N–H and O–H groups in total. The van der Waals surface area contributed by atoms with E-state index in [0.29, 0.717) is 12.0 Å². The van der Waals surface area contributed by atoms with Gasteiger partial charge in [0.1, 0.15) is 0 Å². The molecule has 0 saturated carbocycles. The fourth-order valence-electron chi connectivity index (χ4n) is 3.57. The third-order valence-corrected chi connectivity index (χ3v) is 6.88. The van der Waals surface area contributed by atoms with Gasteiger partial charge in [-0.25, -0.2) is 8.42 Å². The summed E-state index contributed by atoms with van der Waals surface area (Å²) in [5.41, 5.74) is 2.27. The van der Waals surface area contributed by atoms with Gasteiger partial charge in [-0.2, -0.15) is 4.31 Å². The minimum Gasteiger partial charge on any atom is -0.387 e. The largest absolute Gasteiger partial charge is 0.387 e. The van der Waals surface area contributed by atoms with Crippen LogP contribution < -0.4 is 0 Å². The number of aliphatic hydroxyl groups excluding tert-OH is 1. The number of rotatable bonds is 4. The number of nitrogens with zero attached hydrogens (tertiary/aromatic N) is 2. The molecular weight excluding hydrogens is 360 g/mol. The zero-order chi connectivity index (χ0) is 18.9. The summed E-state index contributed by atoms with van der Waals surface area (Å²) in [6, 6.07) is 19.3. The van der Waals surface area contributed by atoms with Crippen molar-refractivity contribution in [2.45, 2.75) is 30.0 Å². The van der Waals surface area contributed by atoms with Crippen LogP contribution in [0.4, 0.5) is 0 Å². The van der Waals surface area contributed by atoms with E-state index in [4.69, 9.17) is 0 Å². The number of hydrogen-bond acceptors (Lipinski definition) is 4. The first-order valence-electron chi connectivity index (χ1n) is 8.79. The van der Waals surface area contributed by atoms with Crippen molar-refractivity contribution in [2.75, 3.05) is 0 Å². The first kappa shape index (κ1) is 17.9. The molecule has 0 bridgehead atoms. The molecule has 138 valence electrons. The molecule has 1 aliphatic heterocycles. The van der Waals surface area contributed by atoms with E-state index in [2.05, 4.69) is 4.98 Å². The van der Waals surface area contributed by atoms with E-state index in [1.54, 1.807) is 36.7 Å². The van der Waals surface area contributed by atoms with Crippen LogP contribution in [0.2, 0.25) is 0 Å². The summed E-state index contributed by atoms with van der Waals surface area (Å²) in [5, 5.41) is 11.0. The predicted octanol–water partition coefficient (Wildman–Crippen LogP) is 2.93. The van der Waals surface area contributed by atoms with Crippen LogP contribution in [0, 0.1) is 0 Å². The number of hydrogen-bond donors (Lipinski definition) is 1. The van der Waals surface area contributed by atoms with Gasteiger partial charge in [0.2, 0.25) is 10.0 Å². The van der Waals surface area contributed by atoms with Crippen molar-refractivity contribution in [2.24, 2.45) is 0 Å². The Balaban J connectivity index is 1.80. The van der Waals surface area contributed by atoms with Crippen molar-refractivity contribution < 1.29 is 13.5 Å². The van der Waals surface area contributed by atoms with Gasteiger partial charge in [-0.05, 0) is 35.7 Å². The highest BCUT2D eigenvalue weighted by atomic mass is 32.2. The molecule has 0 radical (unpaired) electrons. The van der Waals surface area contributed by atoms with Gasteiger partial charge in [-0.1, -0.05) is 48.5 Å². The second-order valence-electron chi connectivity index (χ2n) is 6.65. The number of aliphatic hydroxyl groups is 1. The van der Waals surface area contributed by atoms with Crippen molar-refractivity contribution >= 4 is 10.0 Å². The zero-order valence-corrected chi connectivity index (χ0v) is 15.5. The second kappa shape index (κ2) is 7.23. The normalized spacial score (nSPS) is 21.5. The molecule has 0 spiro atoms. The Hall–Kier alpha value is -2.54. The van der Waals surface area contributed by atoms with Crippen LogP contribution in [0.15, 0.2) is 84.0 Å². The third kappa shape index (κ3) is 3.39. The van der Waals surface area contributed by atoms with E-state index in [9.17, 15) is 13.5 Å². The van der Waals surface area contributed by atoms with E-state index in [-0.39, 0.29) is 11.4 Å². The van der Waals surface area contributed by atoms with E-state index < -0.39 is 22.2 Å². The lowest BCUT2D eigenvalue weighted by Crippen LogP contribution is -2.48. The van der Waals surface area contributed by atoms with E-state index >= 15 is 0 Å². The summed E-state index contributed by atoms with van der Waals surface area (Å²) < 4.78 is 28.1. The maximum atomic E-state index is 13.4. The fraction of sp³-hybridized carbons (Fsp3) is 0.190. The SMILES string of the molecule is O=S1(=O)c2ccccc2[C@H](O)[C@@H](Cc2ccncc2)N1Cc1ccccc1. The molecular formula is C21H20N2O3S. The van der Waals surface area contributed by atoms with Gasteiger partial charge in [-0.15, -0.1) is 0 Å². The summed E-state index contributed by atoms with van der Waals surface area (Å²) >= 11 is 0. The second-order valence-corrected chi connectivity index (χ2v) is 8.50. The van der Waals surface area contributed by atoms with Crippen LogP contribution >= 0.6 is 0 Å². The first-order valence-corrected chi connectivity index (χ1v) is 10.2. The average Bonchev–Trinajstić information content (AvgIpc) is 2.71. The monoisotopic (exact) mass is 380 g/mol. The van der Waals surface area contributed by atoms with Crippen molar-refractivity contribution in [3.8, 4) is 0 Å². The lowest BCUT2D eigenvalue weighted by Gasteiger charge is -2.39. The van der Waals surface area contributed by atoms with Gasteiger partial charge in [0.05, 0.1) is 17.0 Å². The third-order valence-electron chi connectivity index (χ3n) is 4.93. The summed E-state index contributed by atoms with van der Waals surface area (Å²) in [6.45, 7) is 0.213. The van der Waals surface area contributed by atoms with Crippen LogP contribution in [0.25, 0.3) is 0 Å².